The molecule has 5 heteroatoms. The smallest absolute Gasteiger partial charge is 0.238 e. The zero-order valence-corrected chi connectivity index (χ0v) is 12.9. The Kier molecular flexibility index (Phi) is 4.26. The molecule has 0 bridgehead atoms. The Morgan fingerprint density at radius 3 is 2.95 bits per heavy atom. The molecule has 1 fully saturated rings. The third kappa shape index (κ3) is 3.34. The number of nitrogens with zero attached hydrogens (tertiary/aromatic N) is 1. The van der Waals surface area contributed by atoms with Crippen LogP contribution in [0.2, 0.25) is 0 Å². The average molecular weight is 281 g/mol. The van der Waals surface area contributed by atoms with Gasteiger partial charge in [-0.05, 0) is 38.6 Å². The number of aromatic nitrogens is 1. The number of aryl methyl sites for hydroxylation is 1. The molecule has 2 heterocycles. The summed E-state index contributed by atoms with van der Waals surface area (Å²) in [7, 11) is 0. The Morgan fingerprint density at radius 1 is 1.63 bits per heavy atom. The van der Waals surface area contributed by atoms with E-state index in [-0.39, 0.29) is 23.4 Å². The molecular weight excluding hydrogens is 258 g/mol. The van der Waals surface area contributed by atoms with E-state index in [1.807, 2.05) is 19.2 Å². The van der Waals surface area contributed by atoms with Gasteiger partial charge in [-0.15, -0.1) is 11.3 Å². The molecule has 2 rings (SSSR count). The van der Waals surface area contributed by atoms with Crippen molar-refractivity contribution >= 4 is 17.2 Å². The molecule has 19 heavy (non-hydrogen) atoms. The lowest BCUT2D eigenvalue weighted by atomic mass is 9.77. The number of piperidine rings is 1. The molecule has 1 saturated heterocycles. The maximum atomic E-state index is 12.4. The monoisotopic (exact) mass is 281 g/mol. The van der Waals surface area contributed by atoms with Gasteiger partial charge in [-0.3, -0.25) is 4.79 Å². The molecule has 1 aliphatic heterocycles. The number of carbonyl (C=O) groups excluding carboxylic acids is 1. The Bertz CT molecular complexity index is 455. The van der Waals surface area contributed by atoms with E-state index in [0.717, 1.165) is 30.1 Å². The molecule has 4 nitrogen and oxygen atoms in total. The molecule has 2 N–H and O–H groups in total. The second kappa shape index (κ2) is 5.59. The molecule has 0 aliphatic carbocycles. The number of thiazole rings is 1. The van der Waals surface area contributed by atoms with Crippen LogP contribution in [0.3, 0.4) is 0 Å². The first-order valence-corrected chi connectivity index (χ1v) is 7.74. The summed E-state index contributed by atoms with van der Waals surface area (Å²) in [6.07, 6.45) is 2.22. The summed E-state index contributed by atoms with van der Waals surface area (Å²) in [6, 6.07) is -0.129. The van der Waals surface area contributed by atoms with Gasteiger partial charge in [0.15, 0.2) is 0 Å². The van der Waals surface area contributed by atoms with Crippen LogP contribution in [0.15, 0.2) is 5.38 Å². The number of amides is 1. The van der Waals surface area contributed by atoms with E-state index in [1.165, 1.54) is 0 Å². The lowest BCUT2D eigenvalue weighted by Gasteiger charge is -2.38. The first-order chi connectivity index (χ1) is 8.90. The van der Waals surface area contributed by atoms with Crippen LogP contribution in [0.5, 0.6) is 0 Å². The van der Waals surface area contributed by atoms with Crippen LogP contribution < -0.4 is 10.6 Å². The van der Waals surface area contributed by atoms with E-state index in [4.69, 9.17) is 0 Å². The number of nitrogens with one attached hydrogen (secondary N) is 2. The summed E-state index contributed by atoms with van der Waals surface area (Å²) in [6.45, 7) is 9.20. The number of rotatable bonds is 3. The minimum atomic E-state index is -0.107. The van der Waals surface area contributed by atoms with E-state index in [9.17, 15) is 4.79 Å². The normalized spacial score (nSPS) is 23.9. The molecule has 106 valence electrons. The van der Waals surface area contributed by atoms with Gasteiger partial charge < -0.3 is 10.6 Å². The number of carbonyl (C=O) groups is 1. The quantitative estimate of drug-likeness (QED) is 0.894. The summed E-state index contributed by atoms with van der Waals surface area (Å²) in [5.74, 6) is 0.0880. The van der Waals surface area contributed by atoms with Crippen molar-refractivity contribution in [3.8, 4) is 0 Å². The van der Waals surface area contributed by atoms with Crippen molar-refractivity contribution in [1.29, 1.82) is 0 Å². The van der Waals surface area contributed by atoms with Crippen LogP contribution in [0, 0.1) is 12.3 Å². The highest BCUT2D eigenvalue weighted by Crippen LogP contribution is 2.30. The van der Waals surface area contributed by atoms with Crippen LogP contribution in [-0.4, -0.2) is 23.5 Å². The van der Waals surface area contributed by atoms with Gasteiger partial charge in [-0.1, -0.05) is 13.8 Å². The minimum Gasteiger partial charge on any atom is -0.346 e. The number of hydrogen-bond donors (Lipinski definition) is 2. The predicted molar refractivity (Wildman–Crippen MR) is 78.2 cm³/mol. The summed E-state index contributed by atoms with van der Waals surface area (Å²) in [5.41, 5.74) is 1.03. The third-order valence-corrected chi connectivity index (χ3v) is 4.90. The highest BCUT2D eigenvalue weighted by Gasteiger charge is 2.37. The standard InChI is InChI=1S/C14H23N3OS/c1-9-8-19-13(16-9)10(2)17-12(18)11-14(3,4)6-5-7-15-11/h8,10-11,15H,5-7H2,1-4H3,(H,17,18). The molecule has 0 spiro atoms. The largest absolute Gasteiger partial charge is 0.346 e. The van der Waals surface area contributed by atoms with E-state index in [0.29, 0.717) is 0 Å². The first kappa shape index (κ1) is 14.5. The van der Waals surface area contributed by atoms with Gasteiger partial charge in [0.05, 0.1) is 12.1 Å². The Hall–Kier alpha value is -0.940. The van der Waals surface area contributed by atoms with E-state index < -0.39 is 0 Å². The van der Waals surface area contributed by atoms with Crippen LogP contribution in [0.1, 0.15) is 50.4 Å². The maximum absolute atomic E-state index is 12.4. The second-order valence-electron chi connectivity index (χ2n) is 6.04. The summed E-state index contributed by atoms with van der Waals surface area (Å²) < 4.78 is 0. The molecule has 2 unspecified atom stereocenters. The molecule has 2 atom stereocenters. The van der Waals surface area contributed by atoms with Crippen LogP contribution in [0.4, 0.5) is 0 Å². The van der Waals surface area contributed by atoms with Gasteiger partial charge in [-0.25, -0.2) is 4.98 Å². The molecule has 0 saturated carbocycles. The molecule has 1 amide bonds. The summed E-state index contributed by atoms with van der Waals surface area (Å²) in [5, 5.41) is 9.41. The molecule has 1 aromatic rings. The van der Waals surface area contributed by atoms with Crippen molar-refractivity contribution in [2.75, 3.05) is 6.54 Å². The van der Waals surface area contributed by atoms with Crippen molar-refractivity contribution < 1.29 is 4.79 Å². The summed E-state index contributed by atoms with van der Waals surface area (Å²) >= 11 is 1.60. The lowest BCUT2D eigenvalue weighted by molar-refractivity contribution is -0.127. The Morgan fingerprint density at radius 2 is 2.37 bits per heavy atom. The SMILES string of the molecule is Cc1csc(C(C)NC(=O)C2NCCCC2(C)C)n1. The van der Waals surface area contributed by atoms with Crippen molar-refractivity contribution in [2.45, 2.75) is 52.6 Å². The van der Waals surface area contributed by atoms with Crippen molar-refractivity contribution in [2.24, 2.45) is 5.41 Å². The molecule has 1 aliphatic rings. The van der Waals surface area contributed by atoms with Gasteiger partial charge in [-0.2, -0.15) is 0 Å². The Labute approximate surface area is 119 Å². The van der Waals surface area contributed by atoms with Gasteiger partial charge in [0.25, 0.3) is 0 Å². The molecule has 0 radical (unpaired) electrons. The van der Waals surface area contributed by atoms with Crippen LogP contribution in [0.25, 0.3) is 0 Å². The predicted octanol–water partition coefficient (Wildman–Crippen LogP) is 2.41. The fourth-order valence-electron chi connectivity index (χ4n) is 2.59. The average Bonchev–Trinajstić information content (AvgIpc) is 2.75. The summed E-state index contributed by atoms with van der Waals surface area (Å²) in [4.78, 5) is 16.8. The maximum Gasteiger partial charge on any atom is 0.238 e. The second-order valence-corrected chi connectivity index (χ2v) is 6.93. The third-order valence-electron chi connectivity index (χ3n) is 3.76. The fraction of sp³-hybridized carbons (Fsp3) is 0.714. The van der Waals surface area contributed by atoms with Gasteiger partial charge in [0.1, 0.15) is 5.01 Å². The van der Waals surface area contributed by atoms with Gasteiger partial charge in [0, 0.05) is 11.1 Å². The van der Waals surface area contributed by atoms with Gasteiger partial charge >= 0.3 is 0 Å². The highest BCUT2D eigenvalue weighted by molar-refractivity contribution is 7.09. The first-order valence-electron chi connectivity index (χ1n) is 6.86. The molecule has 0 aromatic carbocycles. The zero-order chi connectivity index (χ0) is 14.0. The number of hydrogen-bond acceptors (Lipinski definition) is 4. The minimum absolute atomic E-state index is 0.0147. The van der Waals surface area contributed by atoms with Crippen molar-refractivity contribution in [3.63, 3.8) is 0 Å². The van der Waals surface area contributed by atoms with Gasteiger partial charge in [0.2, 0.25) is 5.91 Å². The molecular formula is C14H23N3OS. The molecule has 1 aromatic heterocycles. The lowest BCUT2D eigenvalue weighted by Crippen LogP contribution is -2.55. The van der Waals surface area contributed by atoms with Crippen molar-refractivity contribution in [3.05, 3.63) is 16.1 Å². The van der Waals surface area contributed by atoms with Crippen LogP contribution >= 0.6 is 11.3 Å². The highest BCUT2D eigenvalue weighted by atomic mass is 32.1. The zero-order valence-electron chi connectivity index (χ0n) is 12.1. The van der Waals surface area contributed by atoms with E-state index in [1.54, 1.807) is 11.3 Å². The van der Waals surface area contributed by atoms with Crippen LogP contribution in [-0.2, 0) is 4.79 Å². The topological polar surface area (TPSA) is 54.0 Å². The van der Waals surface area contributed by atoms with E-state index >= 15 is 0 Å². The Balaban J connectivity index is 2.00. The van der Waals surface area contributed by atoms with E-state index in [2.05, 4.69) is 29.5 Å². The van der Waals surface area contributed by atoms with Crippen molar-refractivity contribution in [1.82, 2.24) is 15.6 Å². The fourth-order valence-corrected chi connectivity index (χ4v) is 3.39.